The highest BCUT2D eigenvalue weighted by Crippen LogP contribution is 2.46. The van der Waals surface area contributed by atoms with Gasteiger partial charge in [-0.2, -0.15) is 26.3 Å². The Morgan fingerprint density at radius 3 is 1.95 bits per heavy atom. The first-order valence-electron chi connectivity index (χ1n) is 5.49. The minimum absolute atomic E-state index is 0.304. The van der Waals surface area contributed by atoms with Crippen molar-refractivity contribution < 1.29 is 35.6 Å². The maximum absolute atomic E-state index is 12.8. The molecule has 0 unspecified atom stereocenters. The number of hydrogen-bond acceptors (Lipinski definition) is 4. The van der Waals surface area contributed by atoms with Crippen LogP contribution in [-0.4, -0.2) is 35.3 Å². The fourth-order valence-electron chi connectivity index (χ4n) is 1.35. The molecule has 10 heteroatoms. The molecule has 0 spiro atoms. The first kappa shape index (κ1) is 16.9. The van der Waals surface area contributed by atoms with Gasteiger partial charge in [0.25, 0.3) is 0 Å². The summed E-state index contributed by atoms with van der Waals surface area (Å²) in [6, 6.07) is 0. The molecule has 3 nitrogen and oxygen atoms in total. The summed E-state index contributed by atoms with van der Waals surface area (Å²) in [4.78, 5) is 3.18. The van der Waals surface area contributed by atoms with E-state index in [0.717, 1.165) is 19.3 Å². The lowest BCUT2D eigenvalue weighted by atomic mass is 10.2. The van der Waals surface area contributed by atoms with E-state index in [1.54, 1.807) is 0 Å². The Labute approximate surface area is 110 Å². The van der Waals surface area contributed by atoms with Crippen LogP contribution in [0.2, 0.25) is 0 Å². The van der Waals surface area contributed by atoms with Crippen LogP contribution in [0.5, 0.6) is 0 Å². The van der Waals surface area contributed by atoms with E-state index in [2.05, 4.69) is 9.22 Å². The van der Waals surface area contributed by atoms with Crippen LogP contribution in [0.1, 0.15) is 26.2 Å². The smallest absolute Gasteiger partial charge is 0.224 e. The fourth-order valence-corrected chi connectivity index (χ4v) is 1.96. The second-order valence-electron chi connectivity index (χ2n) is 4.20. The highest BCUT2D eigenvalue weighted by Gasteiger charge is 2.71. The first-order valence-corrected chi connectivity index (χ1v) is 6.18. The van der Waals surface area contributed by atoms with Gasteiger partial charge in [-0.05, 0) is 12.8 Å². The Bertz CT molecular complexity index is 293. The van der Waals surface area contributed by atoms with Crippen LogP contribution in [0.15, 0.2) is 0 Å². The van der Waals surface area contributed by atoms with Crippen LogP contribution in [-0.2, 0) is 9.22 Å². The van der Waals surface area contributed by atoms with Gasteiger partial charge in [0.2, 0.25) is 0 Å². The summed E-state index contributed by atoms with van der Waals surface area (Å²) < 4.78 is 81.3. The molecule has 0 amide bonds. The molecule has 0 aromatic carbocycles. The summed E-state index contributed by atoms with van der Waals surface area (Å²) in [5.41, 5.74) is 0. The summed E-state index contributed by atoms with van der Waals surface area (Å²) in [5.74, 6) is -10.6. The molecule has 0 saturated carbocycles. The van der Waals surface area contributed by atoms with Crippen LogP contribution >= 0.6 is 12.2 Å². The van der Waals surface area contributed by atoms with Crippen LogP contribution in [0.4, 0.5) is 26.3 Å². The number of rotatable bonds is 6. The van der Waals surface area contributed by atoms with Crippen LogP contribution < -0.4 is 0 Å². The minimum Gasteiger partial charge on any atom is -0.224 e. The molecule has 0 atom stereocenters. The van der Waals surface area contributed by atoms with Gasteiger partial charge < -0.3 is 0 Å². The molecule has 0 aromatic rings. The lowest BCUT2D eigenvalue weighted by molar-refractivity contribution is -0.470. The van der Waals surface area contributed by atoms with Crippen molar-refractivity contribution in [3.8, 4) is 0 Å². The Balaban J connectivity index is 2.45. The van der Waals surface area contributed by atoms with Crippen molar-refractivity contribution in [1.29, 1.82) is 0 Å². The van der Waals surface area contributed by atoms with Gasteiger partial charge in [0, 0.05) is 20.0 Å². The maximum atomic E-state index is 12.8. The zero-order valence-electron chi connectivity index (χ0n) is 9.98. The maximum Gasteiger partial charge on any atom is 0.452 e. The van der Waals surface area contributed by atoms with E-state index >= 15 is 0 Å². The van der Waals surface area contributed by atoms with Gasteiger partial charge in [0.15, 0.2) is 0 Å². The van der Waals surface area contributed by atoms with Crippen molar-refractivity contribution in [2.75, 3.05) is 13.1 Å². The van der Waals surface area contributed by atoms with Crippen LogP contribution in [0.3, 0.4) is 0 Å². The van der Waals surface area contributed by atoms with Gasteiger partial charge in [-0.15, -0.1) is 9.22 Å². The van der Waals surface area contributed by atoms with Gasteiger partial charge in [0.05, 0.1) is 0 Å². The highest BCUT2D eigenvalue weighted by molar-refractivity contribution is 7.92. The second-order valence-corrected chi connectivity index (χ2v) is 5.00. The monoisotopic (exact) mass is 313 g/mol. The molecule has 1 saturated heterocycles. The van der Waals surface area contributed by atoms with E-state index in [0.29, 0.717) is 25.3 Å². The van der Waals surface area contributed by atoms with Crippen molar-refractivity contribution in [3.63, 3.8) is 0 Å². The van der Waals surface area contributed by atoms with E-state index in [1.807, 2.05) is 0 Å². The number of nitrogens with zero attached hydrogens (tertiary/aromatic N) is 1. The van der Waals surface area contributed by atoms with E-state index in [-0.39, 0.29) is 6.92 Å². The lowest BCUT2D eigenvalue weighted by Gasteiger charge is -2.29. The number of halogens is 6. The van der Waals surface area contributed by atoms with Gasteiger partial charge >= 0.3 is 18.0 Å². The number of hydrogen-bond donors (Lipinski definition) is 0. The van der Waals surface area contributed by atoms with Gasteiger partial charge in [-0.1, -0.05) is 6.42 Å². The molecule has 0 bridgehead atoms. The van der Waals surface area contributed by atoms with Gasteiger partial charge in [0.1, 0.15) is 12.2 Å². The predicted molar refractivity (Wildman–Crippen MR) is 55.7 cm³/mol. The molecule has 1 fully saturated rings. The molecule has 0 N–H and O–H groups in total. The molecule has 0 aromatic heterocycles. The number of piperidine rings is 1. The largest absolute Gasteiger partial charge is 0.452 e. The van der Waals surface area contributed by atoms with Crippen molar-refractivity contribution in [2.24, 2.45) is 0 Å². The summed E-state index contributed by atoms with van der Waals surface area (Å²) in [6.07, 6.45) is -2.85. The van der Waals surface area contributed by atoms with E-state index in [4.69, 9.17) is 0 Å². The summed E-state index contributed by atoms with van der Waals surface area (Å²) in [7, 11) is 0. The fraction of sp³-hybridized carbons (Fsp3) is 1.00. The molecule has 1 aliphatic rings. The summed E-state index contributed by atoms with van der Waals surface area (Å²) in [6.45, 7) is 0.710. The van der Waals surface area contributed by atoms with E-state index < -0.39 is 18.0 Å². The SMILES string of the molecule is CC(F)(F)C(F)(F)C(F)(F)OOSN1CCCCC1. The van der Waals surface area contributed by atoms with Crippen LogP contribution in [0, 0.1) is 0 Å². The van der Waals surface area contributed by atoms with Crippen molar-refractivity contribution >= 4 is 12.2 Å². The van der Waals surface area contributed by atoms with Crippen molar-refractivity contribution in [2.45, 2.75) is 44.1 Å². The average molecular weight is 313 g/mol. The molecule has 1 aliphatic heterocycles. The Morgan fingerprint density at radius 1 is 0.947 bits per heavy atom. The molecular formula is C9H13F6NO2S. The Kier molecular flexibility index (Phi) is 5.38. The molecule has 114 valence electrons. The topological polar surface area (TPSA) is 21.7 Å². The standard InChI is InChI=1S/C9H13F6NO2S/c1-7(10,11)8(12,13)9(14,15)17-18-19-16-5-3-2-4-6-16/h2-6H2,1H3. The molecule has 0 radical (unpaired) electrons. The van der Waals surface area contributed by atoms with Crippen molar-refractivity contribution in [1.82, 2.24) is 4.31 Å². The Morgan fingerprint density at radius 2 is 1.47 bits per heavy atom. The van der Waals surface area contributed by atoms with E-state index in [9.17, 15) is 26.3 Å². The third kappa shape index (κ3) is 4.14. The quantitative estimate of drug-likeness (QED) is 0.244. The molecule has 19 heavy (non-hydrogen) atoms. The zero-order chi connectivity index (χ0) is 14.7. The molecule has 1 rings (SSSR count). The normalized spacial score (nSPS) is 19.7. The second kappa shape index (κ2) is 6.06. The van der Waals surface area contributed by atoms with Crippen LogP contribution in [0.25, 0.3) is 0 Å². The summed E-state index contributed by atoms with van der Waals surface area (Å²) >= 11 is 0.304. The molecule has 0 aliphatic carbocycles. The lowest BCUT2D eigenvalue weighted by Crippen LogP contribution is -2.53. The third-order valence-corrected chi connectivity index (χ3v) is 3.21. The van der Waals surface area contributed by atoms with Gasteiger partial charge in [-0.3, -0.25) is 0 Å². The molecule has 1 heterocycles. The first-order chi connectivity index (χ1) is 8.58. The Hall–Kier alpha value is -0.190. The minimum atomic E-state index is -5.66. The third-order valence-electron chi connectivity index (χ3n) is 2.51. The average Bonchev–Trinajstić information content (AvgIpc) is 2.28. The van der Waals surface area contributed by atoms with Gasteiger partial charge in [-0.25, -0.2) is 4.31 Å². The van der Waals surface area contributed by atoms with Crippen molar-refractivity contribution in [3.05, 3.63) is 0 Å². The summed E-state index contributed by atoms with van der Waals surface area (Å²) in [5, 5.41) is 0. The molecular weight excluding hydrogens is 300 g/mol. The highest BCUT2D eigenvalue weighted by atomic mass is 32.2. The van der Waals surface area contributed by atoms with E-state index in [1.165, 1.54) is 4.31 Å². The zero-order valence-corrected chi connectivity index (χ0v) is 10.8. The number of alkyl halides is 6. The predicted octanol–water partition coefficient (Wildman–Crippen LogP) is 3.87.